The molecule has 59 heavy (non-hydrogen) atoms. The molecule has 0 amide bonds. The summed E-state index contributed by atoms with van der Waals surface area (Å²) < 4.78 is 34.5. The van der Waals surface area contributed by atoms with Crippen LogP contribution in [0, 0.1) is 0 Å². The van der Waals surface area contributed by atoms with Crippen LogP contribution in [0.1, 0.15) is 206 Å². The Kier molecular flexibility index (Phi) is 42.0. The Bertz CT molecular complexity index is 1080. The first kappa shape index (κ1) is 57.5. The lowest BCUT2D eigenvalue weighted by Gasteiger charge is -2.28. The van der Waals surface area contributed by atoms with E-state index in [1.54, 1.807) is 0 Å². The van der Waals surface area contributed by atoms with Crippen LogP contribution < -0.4 is 4.89 Å². The summed E-state index contributed by atoms with van der Waals surface area (Å²) in [5.74, 6) is -0.411. The molecule has 0 heterocycles. The molecular weight excluding hydrogens is 758 g/mol. The highest BCUT2D eigenvalue weighted by Crippen LogP contribution is 2.38. The van der Waals surface area contributed by atoms with Gasteiger partial charge in [0.2, 0.25) is 0 Å². The lowest BCUT2D eigenvalue weighted by molar-refractivity contribution is -0.870. The minimum absolute atomic E-state index is 0.0136. The molecule has 0 aliphatic rings. The summed E-state index contributed by atoms with van der Waals surface area (Å²) >= 11 is 0. The van der Waals surface area contributed by atoms with Crippen molar-refractivity contribution in [2.24, 2.45) is 0 Å². The number of ether oxygens (including phenoxy) is 2. The van der Waals surface area contributed by atoms with Crippen molar-refractivity contribution in [3.8, 4) is 0 Å². The van der Waals surface area contributed by atoms with E-state index < -0.39 is 19.9 Å². The molecule has 346 valence electrons. The zero-order valence-corrected chi connectivity index (χ0v) is 40.1. The van der Waals surface area contributed by atoms with E-state index >= 15 is 0 Å². The van der Waals surface area contributed by atoms with Crippen molar-refractivity contribution in [3.63, 3.8) is 0 Å². The number of carbonyl (C=O) groups excluding carboxylic acids is 1. The van der Waals surface area contributed by atoms with Gasteiger partial charge < -0.3 is 27.9 Å². The number of allylic oxidation sites excluding steroid dienone is 8. The quantitative estimate of drug-likeness (QED) is 0.0198. The zero-order valence-electron chi connectivity index (χ0n) is 39.2. The summed E-state index contributed by atoms with van der Waals surface area (Å²) in [5.41, 5.74) is 0. The molecule has 0 aliphatic heterocycles. The predicted molar refractivity (Wildman–Crippen MR) is 250 cm³/mol. The van der Waals surface area contributed by atoms with E-state index in [0.29, 0.717) is 24.1 Å². The largest absolute Gasteiger partial charge is 0.756 e. The Labute approximate surface area is 365 Å². The molecule has 0 radical (unpaired) electrons. The summed E-state index contributed by atoms with van der Waals surface area (Å²) in [6, 6.07) is 0. The Morgan fingerprint density at radius 3 is 1.37 bits per heavy atom. The van der Waals surface area contributed by atoms with E-state index in [1.165, 1.54) is 141 Å². The second-order valence-electron chi connectivity index (χ2n) is 17.4. The van der Waals surface area contributed by atoms with E-state index in [0.717, 1.165) is 38.5 Å². The number of hydrogen-bond donors (Lipinski definition) is 0. The summed E-state index contributed by atoms with van der Waals surface area (Å²) in [5, 5.41) is 0. The maximum absolute atomic E-state index is 12.6. The van der Waals surface area contributed by atoms with Crippen LogP contribution in [0.3, 0.4) is 0 Å². The maximum atomic E-state index is 12.6. The SMILES string of the molecule is CC/C=C\C/C=C\C/C=C\C/C=C\CCC(=O)OC(COCCCCCCCCCCCCCCCCCCCCCCCCCC)COP(=O)([O-])OCC[N+](C)(C)C. The average Bonchev–Trinajstić information content (AvgIpc) is 3.19. The standard InChI is InChI=1S/C50H94NO7P/c1-6-8-10-12-14-16-18-20-21-22-23-24-25-26-27-28-29-30-32-34-36-38-40-42-45-55-47-49(48-57-59(53,54)56-46-44-51(3,4)5)58-50(52)43-41-39-37-35-33-31-19-17-15-13-11-9-7-2/h9,11,15,17,31,33,37,39,49H,6-8,10,12-14,16,18-30,32,34-36,38,40-48H2,1-5H3/b11-9-,17-15-,33-31-,39-37-. The van der Waals surface area contributed by atoms with Gasteiger partial charge in [-0.15, -0.1) is 0 Å². The van der Waals surface area contributed by atoms with Crippen molar-refractivity contribution in [2.75, 3.05) is 54.1 Å². The topological polar surface area (TPSA) is 94.1 Å². The van der Waals surface area contributed by atoms with Crippen LogP contribution >= 0.6 is 7.82 Å². The highest BCUT2D eigenvalue weighted by molar-refractivity contribution is 7.45. The van der Waals surface area contributed by atoms with Crippen molar-refractivity contribution in [3.05, 3.63) is 48.6 Å². The lowest BCUT2D eigenvalue weighted by Crippen LogP contribution is -2.37. The fourth-order valence-corrected chi connectivity index (χ4v) is 7.41. The summed E-state index contributed by atoms with van der Waals surface area (Å²) in [6.07, 6.45) is 53.1. The molecule has 2 atom stereocenters. The Balaban J connectivity index is 4.11. The van der Waals surface area contributed by atoms with Gasteiger partial charge in [0, 0.05) is 13.0 Å². The smallest absolute Gasteiger partial charge is 0.306 e. The highest BCUT2D eigenvalue weighted by Gasteiger charge is 2.20. The molecular formula is C50H94NO7P. The molecule has 0 rings (SSSR count). The van der Waals surface area contributed by atoms with Crippen LogP contribution in [0.15, 0.2) is 48.6 Å². The minimum atomic E-state index is -4.54. The van der Waals surface area contributed by atoms with E-state index in [2.05, 4.69) is 50.3 Å². The van der Waals surface area contributed by atoms with Gasteiger partial charge >= 0.3 is 5.97 Å². The third-order valence-electron chi connectivity index (χ3n) is 10.4. The van der Waals surface area contributed by atoms with Gasteiger partial charge in [-0.25, -0.2) is 0 Å². The van der Waals surface area contributed by atoms with Gasteiger partial charge in [-0.05, 0) is 38.5 Å². The van der Waals surface area contributed by atoms with Gasteiger partial charge in [0.05, 0.1) is 34.4 Å². The van der Waals surface area contributed by atoms with Crippen LogP contribution in [0.4, 0.5) is 0 Å². The molecule has 0 saturated carbocycles. The molecule has 0 spiro atoms. The number of quaternary nitrogens is 1. The normalized spacial score (nSPS) is 14.1. The summed E-state index contributed by atoms with van der Waals surface area (Å²) in [6.45, 7) is 5.22. The van der Waals surface area contributed by atoms with Crippen LogP contribution in [0.2, 0.25) is 0 Å². The van der Waals surface area contributed by atoms with Gasteiger partial charge in [0.1, 0.15) is 19.3 Å². The molecule has 0 aromatic heterocycles. The van der Waals surface area contributed by atoms with Crippen molar-refractivity contribution in [1.29, 1.82) is 0 Å². The number of unbranched alkanes of at least 4 members (excludes halogenated alkanes) is 23. The Morgan fingerprint density at radius 1 is 0.542 bits per heavy atom. The van der Waals surface area contributed by atoms with E-state index in [4.69, 9.17) is 18.5 Å². The first-order valence-corrected chi connectivity index (χ1v) is 25.8. The molecule has 0 aliphatic carbocycles. The number of esters is 1. The number of carbonyl (C=O) groups is 1. The summed E-state index contributed by atoms with van der Waals surface area (Å²) in [7, 11) is 1.32. The van der Waals surface area contributed by atoms with E-state index in [1.807, 2.05) is 33.3 Å². The van der Waals surface area contributed by atoms with Crippen molar-refractivity contribution >= 4 is 13.8 Å². The summed E-state index contributed by atoms with van der Waals surface area (Å²) in [4.78, 5) is 25.0. The van der Waals surface area contributed by atoms with Crippen LogP contribution in [-0.4, -0.2) is 70.7 Å². The molecule has 2 unspecified atom stereocenters. The van der Waals surface area contributed by atoms with Crippen LogP contribution in [0.25, 0.3) is 0 Å². The highest BCUT2D eigenvalue weighted by atomic mass is 31.2. The minimum Gasteiger partial charge on any atom is -0.756 e. The second kappa shape index (κ2) is 43.1. The molecule has 0 aromatic rings. The average molecular weight is 852 g/mol. The number of likely N-dealkylation sites (N-methyl/N-ethyl adjacent to an activating group) is 1. The molecule has 0 saturated heterocycles. The lowest BCUT2D eigenvalue weighted by atomic mass is 10.0. The third kappa shape index (κ3) is 47.4. The van der Waals surface area contributed by atoms with Gasteiger partial charge in [-0.2, -0.15) is 0 Å². The second-order valence-corrected chi connectivity index (χ2v) is 18.9. The fourth-order valence-electron chi connectivity index (χ4n) is 6.68. The predicted octanol–water partition coefficient (Wildman–Crippen LogP) is 14.1. The van der Waals surface area contributed by atoms with Gasteiger partial charge in [-0.1, -0.05) is 210 Å². The first-order valence-electron chi connectivity index (χ1n) is 24.4. The van der Waals surface area contributed by atoms with E-state index in [-0.39, 0.29) is 26.2 Å². The van der Waals surface area contributed by atoms with Crippen molar-refractivity contribution in [2.45, 2.75) is 213 Å². The zero-order chi connectivity index (χ0) is 43.4. The molecule has 8 nitrogen and oxygen atoms in total. The number of nitrogens with zero attached hydrogens (tertiary/aromatic N) is 1. The van der Waals surface area contributed by atoms with E-state index in [9.17, 15) is 14.3 Å². The third-order valence-corrected chi connectivity index (χ3v) is 11.4. The Hall–Kier alpha value is -1.54. The maximum Gasteiger partial charge on any atom is 0.306 e. The van der Waals surface area contributed by atoms with Crippen LogP contribution in [0.5, 0.6) is 0 Å². The molecule has 0 aromatic carbocycles. The van der Waals surface area contributed by atoms with Gasteiger partial charge in [-0.3, -0.25) is 9.36 Å². The fraction of sp³-hybridized carbons (Fsp3) is 0.820. The monoisotopic (exact) mass is 852 g/mol. The van der Waals surface area contributed by atoms with Crippen LogP contribution in [-0.2, 0) is 27.9 Å². The van der Waals surface area contributed by atoms with Gasteiger partial charge in [0.25, 0.3) is 7.82 Å². The Morgan fingerprint density at radius 2 is 0.949 bits per heavy atom. The van der Waals surface area contributed by atoms with Crippen molar-refractivity contribution in [1.82, 2.24) is 0 Å². The molecule has 0 bridgehead atoms. The number of hydrogen-bond acceptors (Lipinski definition) is 7. The van der Waals surface area contributed by atoms with Gasteiger partial charge in [0.15, 0.2) is 0 Å². The molecule has 0 fully saturated rings. The number of rotatable bonds is 45. The number of phosphoric ester groups is 1. The number of phosphoric acid groups is 1. The molecule has 9 heteroatoms. The molecule has 0 N–H and O–H groups in total. The van der Waals surface area contributed by atoms with Crippen molar-refractivity contribution < 1.29 is 37.3 Å². The first-order chi connectivity index (χ1) is 28.6.